The number of aromatic nitrogens is 3. The Morgan fingerprint density at radius 2 is 1.92 bits per heavy atom. The molecule has 3 N–H and O–H groups in total. The summed E-state index contributed by atoms with van der Waals surface area (Å²) in [5, 5.41) is 13.5. The van der Waals surface area contributed by atoms with Gasteiger partial charge < -0.3 is 15.4 Å². The Morgan fingerprint density at radius 3 is 2.69 bits per heavy atom. The normalized spacial score (nSPS) is 11.0. The molecule has 0 aliphatic heterocycles. The van der Waals surface area contributed by atoms with E-state index in [1.54, 1.807) is 6.20 Å². The number of H-pyrrole nitrogens is 1. The van der Waals surface area contributed by atoms with Gasteiger partial charge in [-0.2, -0.15) is 0 Å². The van der Waals surface area contributed by atoms with Crippen molar-refractivity contribution in [2.24, 2.45) is 0 Å². The lowest BCUT2D eigenvalue weighted by molar-refractivity contribution is 0.299. The molecule has 3 aromatic heterocycles. The molecule has 0 fully saturated rings. The number of aromatic amines is 1. The van der Waals surface area contributed by atoms with Crippen LogP contribution in [0.25, 0.3) is 22.2 Å². The lowest BCUT2D eigenvalue weighted by atomic mass is 10.0. The Morgan fingerprint density at radius 1 is 1.04 bits per heavy atom. The Bertz CT molecular complexity index is 994. The van der Waals surface area contributed by atoms with Crippen LogP contribution in [-0.4, -0.2) is 26.7 Å². The molecular weight excluding hydrogens is 324 g/mol. The maximum Gasteiger partial charge on any atom is 0.140 e. The molecule has 4 aromatic rings. The molecule has 5 heteroatoms. The molecule has 0 aliphatic carbocycles. The standard InChI is InChI=1S/C21H20N4O/c26-12-9-15-4-6-16(7-5-15)19-13-20(25-21-18(19)8-11-23-21)24-14-17-3-1-2-10-22-17/h1-8,10-11,13,26H,9,12,14H2,(H2,23,24,25). The topological polar surface area (TPSA) is 73.8 Å². The molecule has 0 unspecified atom stereocenters. The molecule has 0 amide bonds. The number of aliphatic hydroxyl groups is 1. The second-order valence-corrected chi connectivity index (χ2v) is 6.14. The van der Waals surface area contributed by atoms with Crippen molar-refractivity contribution in [3.05, 3.63) is 78.2 Å². The first-order valence-corrected chi connectivity index (χ1v) is 8.65. The van der Waals surface area contributed by atoms with Gasteiger partial charge in [-0.25, -0.2) is 4.98 Å². The number of anilines is 1. The highest BCUT2D eigenvalue weighted by molar-refractivity contribution is 5.94. The zero-order valence-corrected chi connectivity index (χ0v) is 14.3. The van der Waals surface area contributed by atoms with Crippen molar-refractivity contribution in [1.29, 1.82) is 0 Å². The number of aliphatic hydroxyl groups excluding tert-OH is 1. The smallest absolute Gasteiger partial charge is 0.140 e. The van der Waals surface area contributed by atoms with Crippen molar-refractivity contribution in [3.8, 4) is 11.1 Å². The highest BCUT2D eigenvalue weighted by Gasteiger charge is 2.09. The third kappa shape index (κ3) is 3.43. The van der Waals surface area contributed by atoms with Gasteiger partial charge in [0.2, 0.25) is 0 Å². The zero-order chi connectivity index (χ0) is 17.8. The van der Waals surface area contributed by atoms with E-state index in [-0.39, 0.29) is 6.61 Å². The number of hydrogen-bond donors (Lipinski definition) is 3. The van der Waals surface area contributed by atoms with E-state index in [1.807, 2.05) is 30.5 Å². The third-order valence-electron chi connectivity index (χ3n) is 4.37. The van der Waals surface area contributed by atoms with E-state index in [1.165, 1.54) is 0 Å². The van der Waals surface area contributed by atoms with Crippen molar-refractivity contribution < 1.29 is 5.11 Å². The van der Waals surface area contributed by atoms with Crippen LogP contribution in [0.15, 0.2) is 67.0 Å². The maximum absolute atomic E-state index is 9.08. The molecule has 130 valence electrons. The average Bonchev–Trinajstić information content (AvgIpc) is 3.16. The van der Waals surface area contributed by atoms with Crippen molar-refractivity contribution in [1.82, 2.24) is 15.0 Å². The van der Waals surface area contributed by atoms with E-state index in [0.29, 0.717) is 13.0 Å². The molecule has 3 heterocycles. The zero-order valence-electron chi connectivity index (χ0n) is 14.3. The largest absolute Gasteiger partial charge is 0.396 e. The van der Waals surface area contributed by atoms with Gasteiger partial charge in [-0.15, -0.1) is 0 Å². The number of rotatable bonds is 6. The van der Waals surface area contributed by atoms with Crippen LogP contribution in [0.2, 0.25) is 0 Å². The highest BCUT2D eigenvalue weighted by Crippen LogP contribution is 2.30. The first kappa shape index (κ1) is 16.3. The van der Waals surface area contributed by atoms with Gasteiger partial charge in [0.05, 0.1) is 12.2 Å². The first-order chi connectivity index (χ1) is 12.8. The van der Waals surface area contributed by atoms with E-state index < -0.39 is 0 Å². The molecule has 0 radical (unpaired) electrons. The summed E-state index contributed by atoms with van der Waals surface area (Å²) < 4.78 is 0. The van der Waals surface area contributed by atoms with E-state index in [4.69, 9.17) is 5.11 Å². The summed E-state index contributed by atoms with van der Waals surface area (Å²) >= 11 is 0. The maximum atomic E-state index is 9.08. The van der Waals surface area contributed by atoms with Gasteiger partial charge in [-0.3, -0.25) is 4.98 Å². The fourth-order valence-corrected chi connectivity index (χ4v) is 3.03. The minimum Gasteiger partial charge on any atom is -0.396 e. The molecule has 0 saturated heterocycles. The van der Waals surface area contributed by atoms with Crippen molar-refractivity contribution in [2.75, 3.05) is 11.9 Å². The lowest BCUT2D eigenvalue weighted by Gasteiger charge is -2.10. The lowest BCUT2D eigenvalue weighted by Crippen LogP contribution is -2.03. The molecule has 0 spiro atoms. The van der Waals surface area contributed by atoms with Gasteiger partial charge in [0, 0.05) is 24.4 Å². The van der Waals surface area contributed by atoms with Crippen molar-refractivity contribution >= 4 is 16.9 Å². The van der Waals surface area contributed by atoms with Gasteiger partial charge in [-0.05, 0) is 47.4 Å². The van der Waals surface area contributed by atoms with Crippen molar-refractivity contribution in [3.63, 3.8) is 0 Å². The summed E-state index contributed by atoms with van der Waals surface area (Å²) in [5.74, 6) is 0.806. The van der Waals surface area contributed by atoms with Crippen LogP contribution in [0.3, 0.4) is 0 Å². The number of fused-ring (bicyclic) bond motifs is 1. The minimum atomic E-state index is 0.165. The van der Waals surface area contributed by atoms with E-state index >= 15 is 0 Å². The van der Waals surface area contributed by atoms with Gasteiger partial charge in [0.15, 0.2) is 0 Å². The summed E-state index contributed by atoms with van der Waals surface area (Å²) in [6.07, 6.45) is 4.37. The predicted molar refractivity (Wildman–Crippen MR) is 104 cm³/mol. The summed E-state index contributed by atoms with van der Waals surface area (Å²) in [4.78, 5) is 12.2. The molecule has 0 saturated carbocycles. The Balaban J connectivity index is 1.66. The SMILES string of the molecule is OCCc1ccc(-c2cc(NCc3ccccn3)nc3[nH]ccc23)cc1. The predicted octanol–water partition coefficient (Wildman–Crippen LogP) is 3.77. The molecule has 26 heavy (non-hydrogen) atoms. The van der Waals surface area contributed by atoms with Gasteiger partial charge in [0.25, 0.3) is 0 Å². The first-order valence-electron chi connectivity index (χ1n) is 8.65. The molecule has 4 rings (SSSR count). The van der Waals surface area contributed by atoms with Gasteiger partial charge in [-0.1, -0.05) is 30.3 Å². The van der Waals surface area contributed by atoms with Gasteiger partial charge in [0.1, 0.15) is 11.5 Å². The molecule has 5 nitrogen and oxygen atoms in total. The summed E-state index contributed by atoms with van der Waals surface area (Å²) in [6, 6.07) is 18.3. The highest BCUT2D eigenvalue weighted by atomic mass is 16.2. The second-order valence-electron chi connectivity index (χ2n) is 6.14. The molecule has 0 atom stereocenters. The van der Waals surface area contributed by atoms with Crippen LogP contribution >= 0.6 is 0 Å². The van der Waals surface area contributed by atoms with Crippen LogP contribution in [-0.2, 0) is 13.0 Å². The van der Waals surface area contributed by atoms with Crippen LogP contribution in [0.4, 0.5) is 5.82 Å². The van der Waals surface area contributed by atoms with E-state index in [2.05, 4.69) is 50.6 Å². The molecular formula is C21H20N4O. The number of nitrogens with zero attached hydrogens (tertiary/aromatic N) is 2. The molecule has 0 bridgehead atoms. The quantitative estimate of drug-likeness (QED) is 0.498. The third-order valence-corrected chi connectivity index (χ3v) is 4.37. The number of benzene rings is 1. The summed E-state index contributed by atoms with van der Waals surface area (Å²) in [7, 11) is 0. The monoisotopic (exact) mass is 344 g/mol. The Labute approximate surface area is 151 Å². The Hall–Kier alpha value is -3.18. The van der Waals surface area contributed by atoms with Crippen molar-refractivity contribution in [2.45, 2.75) is 13.0 Å². The average molecular weight is 344 g/mol. The molecule has 0 aliphatic rings. The van der Waals surface area contributed by atoms with Gasteiger partial charge >= 0.3 is 0 Å². The van der Waals surface area contributed by atoms with Crippen LogP contribution in [0.1, 0.15) is 11.3 Å². The molecule has 1 aromatic carbocycles. The number of hydrogen-bond acceptors (Lipinski definition) is 4. The second kappa shape index (κ2) is 7.37. The summed E-state index contributed by atoms with van der Waals surface area (Å²) in [5.41, 5.74) is 5.19. The minimum absolute atomic E-state index is 0.165. The van der Waals surface area contributed by atoms with Crippen LogP contribution in [0, 0.1) is 0 Å². The van der Waals surface area contributed by atoms with E-state index in [0.717, 1.165) is 39.2 Å². The summed E-state index contributed by atoms with van der Waals surface area (Å²) in [6.45, 7) is 0.785. The number of pyridine rings is 2. The fraction of sp³-hybridized carbons (Fsp3) is 0.143. The fourth-order valence-electron chi connectivity index (χ4n) is 3.03. The van der Waals surface area contributed by atoms with Crippen LogP contribution in [0.5, 0.6) is 0 Å². The van der Waals surface area contributed by atoms with Crippen LogP contribution < -0.4 is 5.32 Å². The number of nitrogens with one attached hydrogen (secondary N) is 2. The van der Waals surface area contributed by atoms with E-state index in [9.17, 15) is 0 Å². The Kier molecular flexibility index (Phi) is 4.62.